The van der Waals surface area contributed by atoms with Crippen LogP contribution in [0, 0.1) is 6.92 Å². The van der Waals surface area contributed by atoms with Gasteiger partial charge in [-0.25, -0.2) is 9.78 Å². The minimum atomic E-state index is -1.00. The number of carbonyl (C=O) groups is 1. The highest BCUT2D eigenvalue weighted by Gasteiger charge is 2.17. The van der Waals surface area contributed by atoms with Gasteiger partial charge >= 0.3 is 5.97 Å². The first-order valence-corrected chi connectivity index (χ1v) is 7.91. The smallest absolute Gasteiger partial charge is 0.328 e. The number of nitrogens with zero attached hydrogens (tertiary/aromatic N) is 2. The van der Waals surface area contributed by atoms with Gasteiger partial charge in [-0.3, -0.25) is 4.40 Å². The van der Waals surface area contributed by atoms with E-state index < -0.39 is 5.97 Å². The molecule has 25 heavy (non-hydrogen) atoms. The summed E-state index contributed by atoms with van der Waals surface area (Å²) in [5.41, 5.74) is 4.08. The van der Waals surface area contributed by atoms with E-state index in [0.29, 0.717) is 36.1 Å². The second-order valence-corrected chi connectivity index (χ2v) is 5.81. The number of imidazole rings is 1. The molecule has 0 fully saturated rings. The Kier molecular flexibility index (Phi) is 3.65. The number of rotatable bonds is 3. The van der Waals surface area contributed by atoms with Gasteiger partial charge in [-0.15, -0.1) is 0 Å². The lowest BCUT2D eigenvalue weighted by atomic mass is 10.1. The largest absolute Gasteiger partial charge is 0.486 e. The number of aryl methyl sites for hydroxylation is 1. The molecule has 2 aromatic heterocycles. The molecule has 1 aliphatic rings. The second-order valence-electron chi connectivity index (χ2n) is 5.81. The van der Waals surface area contributed by atoms with Crippen LogP contribution in [0.2, 0.25) is 0 Å². The first-order chi connectivity index (χ1) is 12.1. The molecule has 0 radical (unpaired) electrons. The molecule has 0 amide bonds. The summed E-state index contributed by atoms with van der Waals surface area (Å²) in [5.74, 6) is 0.373. The van der Waals surface area contributed by atoms with E-state index in [9.17, 15) is 4.79 Å². The summed E-state index contributed by atoms with van der Waals surface area (Å²) in [6.45, 7) is 3.03. The molecule has 0 spiro atoms. The number of aliphatic carboxylic acids is 1. The number of benzene rings is 1. The molecule has 6 heteroatoms. The van der Waals surface area contributed by atoms with Crippen molar-refractivity contribution in [3.63, 3.8) is 0 Å². The summed E-state index contributed by atoms with van der Waals surface area (Å²) in [6, 6.07) is 9.55. The zero-order valence-corrected chi connectivity index (χ0v) is 13.6. The number of hydrogen-bond acceptors (Lipinski definition) is 4. The predicted octanol–water partition coefficient (Wildman–Crippen LogP) is 3.18. The Labute approximate surface area is 144 Å². The van der Waals surface area contributed by atoms with Gasteiger partial charge in [0.15, 0.2) is 11.5 Å². The summed E-state index contributed by atoms with van der Waals surface area (Å²) in [7, 11) is 0. The number of carboxylic acids is 1. The molecule has 4 rings (SSSR count). The average molecular weight is 336 g/mol. The highest BCUT2D eigenvalue weighted by atomic mass is 16.6. The Morgan fingerprint density at radius 2 is 2.00 bits per heavy atom. The molecule has 1 aromatic carbocycles. The lowest BCUT2D eigenvalue weighted by molar-refractivity contribution is -0.131. The van der Waals surface area contributed by atoms with Crippen molar-refractivity contribution >= 4 is 17.7 Å². The number of hydrogen-bond donors (Lipinski definition) is 1. The van der Waals surface area contributed by atoms with Crippen molar-refractivity contribution in [3.8, 4) is 22.8 Å². The molecule has 0 unspecified atom stereocenters. The van der Waals surface area contributed by atoms with Crippen molar-refractivity contribution in [2.45, 2.75) is 6.92 Å². The molecular formula is C19H16N2O4. The topological polar surface area (TPSA) is 73.1 Å². The van der Waals surface area contributed by atoms with E-state index in [2.05, 4.69) is 0 Å². The van der Waals surface area contributed by atoms with Gasteiger partial charge < -0.3 is 14.6 Å². The van der Waals surface area contributed by atoms with E-state index in [1.54, 1.807) is 6.08 Å². The first-order valence-electron chi connectivity index (χ1n) is 7.91. The summed E-state index contributed by atoms with van der Waals surface area (Å²) >= 11 is 0. The standard InChI is InChI=1S/C19H16N2O4/c1-12-6-7-21-14(3-5-18(22)23)19(20-17(21)10-12)13-2-4-15-16(11-13)25-9-8-24-15/h2-7,10-11H,8-9H2,1H3,(H,22,23)/b5-3+. The van der Waals surface area contributed by atoms with Crippen LogP contribution in [0.5, 0.6) is 11.5 Å². The van der Waals surface area contributed by atoms with Crippen molar-refractivity contribution in [3.05, 3.63) is 53.9 Å². The number of fused-ring (bicyclic) bond motifs is 2. The lowest BCUT2D eigenvalue weighted by Crippen LogP contribution is -2.15. The zero-order chi connectivity index (χ0) is 17.4. The van der Waals surface area contributed by atoms with Crippen molar-refractivity contribution in [1.82, 2.24) is 9.38 Å². The Bertz CT molecular complexity index is 1000. The Morgan fingerprint density at radius 3 is 2.80 bits per heavy atom. The van der Waals surface area contributed by atoms with Gasteiger partial charge in [0, 0.05) is 17.8 Å². The third-order valence-electron chi connectivity index (χ3n) is 4.02. The van der Waals surface area contributed by atoms with Gasteiger partial charge in [0.05, 0.1) is 11.4 Å². The molecule has 6 nitrogen and oxygen atoms in total. The monoisotopic (exact) mass is 336 g/mol. The molecule has 0 bridgehead atoms. The normalized spacial score (nSPS) is 13.5. The summed E-state index contributed by atoms with van der Waals surface area (Å²) < 4.78 is 13.1. The van der Waals surface area contributed by atoms with Crippen LogP contribution in [-0.4, -0.2) is 33.7 Å². The summed E-state index contributed by atoms with van der Waals surface area (Å²) in [5, 5.41) is 9.00. The summed E-state index contributed by atoms with van der Waals surface area (Å²) in [4.78, 5) is 15.7. The highest BCUT2D eigenvalue weighted by Crippen LogP contribution is 2.35. The Hall–Kier alpha value is -3.28. The lowest BCUT2D eigenvalue weighted by Gasteiger charge is -2.18. The maximum atomic E-state index is 11.0. The van der Waals surface area contributed by atoms with Crippen LogP contribution in [0.25, 0.3) is 23.0 Å². The molecule has 3 heterocycles. The highest BCUT2D eigenvalue weighted by molar-refractivity contribution is 5.87. The van der Waals surface area contributed by atoms with Crippen molar-refractivity contribution in [2.24, 2.45) is 0 Å². The van der Waals surface area contributed by atoms with Crippen molar-refractivity contribution in [2.75, 3.05) is 13.2 Å². The maximum Gasteiger partial charge on any atom is 0.328 e. The molecule has 3 aromatic rings. The molecule has 0 aliphatic carbocycles. The van der Waals surface area contributed by atoms with Crippen LogP contribution in [0.1, 0.15) is 11.3 Å². The molecule has 1 aliphatic heterocycles. The maximum absolute atomic E-state index is 11.0. The first kappa shape index (κ1) is 15.3. The Morgan fingerprint density at radius 1 is 1.20 bits per heavy atom. The zero-order valence-electron chi connectivity index (χ0n) is 13.6. The van der Waals surface area contributed by atoms with E-state index in [1.165, 1.54) is 0 Å². The summed E-state index contributed by atoms with van der Waals surface area (Å²) in [6.07, 6.45) is 4.56. The molecule has 0 atom stereocenters. The third kappa shape index (κ3) is 2.82. The number of aromatic nitrogens is 2. The van der Waals surface area contributed by atoms with Crippen LogP contribution < -0.4 is 9.47 Å². The van der Waals surface area contributed by atoms with Gasteiger partial charge in [-0.1, -0.05) is 0 Å². The molecule has 126 valence electrons. The van der Waals surface area contributed by atoms with E-state index >= 15 is 0 Å². The third-order valence-corrected chi connectivity index (χ3v) is 4.02. The average Bonchev–Trinajstić information content (AvgIpc) is 2.97. The quantitative estimate of drug-likeness (QED) is 0.744. The molecule has 0 saturated carbocycles. The van der Waals surface area contributed by atoms with E-state index in [4.69, 9.17) is 19.6 Å². The minimum Gasteiger partial charge on any atom is -0.486 e. The van der Waals surface area contributed by atoms with Gasteiger partial charge in [-0.2, -0.15) is 0 Å². The molecule has 0 saturated heterocycles. The van der Waals surface area contributed by atoms with Crippen LogP contribution in [-0.2, 0) is 4.79 Å². The minimum absolute atomic E-state index is 0.507. The van der Waals surface area contributed by atoms with Crippen molar-refractivity contribution < 1.29 is 19.4 Å². The number of pyridine rings is 1. The number of carboxylic acid groups (broad SMARTS) is 1. The second kappa shape index (κ2) is 5.98. The Balaban J connectivity index is 1.91. The van der Waals surface area contributed by atoms with Crippen LogP contribution >= 0.6 is 0 Å². The fourth-order valence-corrected chi connectivity index (χ4v) is 2.88. The fourth-order valence-electron chi connectivity index (χ4n) is 2.88. The van der Waals surface area contributed by atoms with Crippen molar-refractivity contribution in [1.29, 1.82) is 0 Å². The SMILES string of the molecule is Cc1ccn2c(/C=C/C(=O)O)c(-c3ccc4c(c3)OCCO4)nc2c1. The van der Waals surface area contributed by atoms with Gasteiger partial charge in [0.1, 0.15) is 18.9 Å². The van der Waals surface area contributed by atoms with Crippen LogP contribution in [0.3, 0.4) is 0 Å². The van der Waals surface area contributed by atoms with Gasteiger partial charge in [-0.05, 0) is 48.9 Å². The molecular weight excluding hydrogens is 320 g/mol. The molecule has 1 N–H and O–H groups in total. The fraction of sp³-hybridized carbons (Fsp3) is 0.158. The predicted molar refractivity (Wildman–Crippen MR) is 93.0 cm³/mol. The van der Waals surface area contributed by atoms with Gasteiger partial charge in [0.2, 0.25) is 0 Å². The van der Waals surface area contributed by atoms with E-state index in [-0.39, 0.29) is 0 Å². The number of ether oxygens (including phenoxy) is 2. The van der Waals surface area contributed by atoms with E-state index in [1.807, 2.05) is 47.9 Å². The van der Waals surface area contributed by atoms with E-state index in [0.717, 1.165) is 22.9 Å². The van der Waals surface area contributed by atoms with Gasteiger partial charge in [0.25, 0.3) is 0 Å². The van der Waals surface area contributed by atoms with Crippen LogP contribution in [0.15, 0.2) is 42.6 Å². The van der Waals surface area contributed by atoms with Crippen LogP contribution in [0.4, 0.5) is 0 Å².